The third-order valence-electron chi connectivity index (χ3n) is 4.14. The van der Waals surface area contributed by atoms with Gasteiger partial charge >= 0.3 is 12.1 Å². The molecule has 0 atom stereocenters. The molecule has 1 heterocycles. The van der Waals surface area contributed by atoms with Gasteiger partial charge in [0.25, 0.3) is 0 Å². The molecule has 0 fully saturated rings. The van der Waals surface area contributed by atoms with E-state index < -0.39 is 23.6 Å². The Kier molecular flexibility index (Phi) is 6.77. The van der Waals surface area contributed by atoms with E-state index in [1.807, 2.05) is 0 Å². The third-order valence-corrected chi connectivity index (χ3v) is 5.32. The lowest BCUT2D eigenvalue weighted by Gasteiger charge is -2.12. The number of carbonyl (C=O) groups is 2. The molecule has 10 heteroatoms. The molecule has 2 aromatic carbocycles. The maximum Gasteiger partial charge on any atom is 0.427 e. The quantitative estimate of drug-likeness (QED) is 0.342. The molecule has 0 saturated carbocycles. The summed E-state index contributed by atoms with van der Waals surface area (Å²) in [6, 6.07) is 10.4. The molecule has 31 heavy (non-hydrogen) atoms. The number of rotatable bonds is 7. The highest BCUT2D eigenvalue weighted by atomic mass is 35.5. The van der Waals surface area contributed by atoms with Crippen LogP contribution in [0.5, 0.6) is 5.75 Å². The topological polar surface area (TPSA) is 76.5 Å². The summed E-state index contributed by atoms with van der Waals surface area (Å²) in [6.07, 6.45) is -2.01. The van der Waals surface area contributed by atoms with Crippen molar-refractivity contribution in [3.8, 4) is 17.0 Å². The Morgan fingerprint density at radius 1 is 1.16 bits per heavy atom. The van der Waals surface area contributed by atoms with E-state index in [9.17, 15) is 22.8 Å². The zero-order valence-electron chi connectivity index (χ0n) is 15.5. The van der Waals surface area contributed by atoms with Crippen LogP contribution in [0.3, 0.4) is 0 Å². The van der Waals surface area contributed by atoms with Crippen LogP contribution >= 0.6 is 23.1 Å². The van der Waals surface area contributed by atoms with E-state index in [1.54, 1.807) is 24.3 Å². The predicted octanol–water partition coefficient (Wildman–Crippen LogP) is 5.97. The first kappa shape index (κ1) is 22.5. The number of hydrogen-bond donors (Lipinski definition) is 1. The number of aldehydes is 1. The molecule has 3 rings (SSSR count). The molecule has 0 unspecified atom stereocenters. The Balaban J connectivity index is 1.92. The molecule has 0 radical (unpaired) electrons. The van der Waals surface area contributed by atoms with Gasteiger partial charge in [0.05, 0.1) is 5.69 Å². The fourth-order valence-electron chi connectivity index (χ4n) is 2.71. The Morgan fingerprint density at radius 3 is 2.48 bits per heavy atom. The summed E-state index contributed by atoms with van der Waals surface area (Å²) < 4.78 is 49.9. The van der Waals surface area contributed by atoms with Crippen molar-refractivity contribution in [3.63, 3.8) is 0 Å². The number of nitrogens with zero attached hydrogens (tertiary/aromatic N) is 1. The summed E-state index contributed by atoms with van der Waals surface area (Å²) >= 11 is 6.18. The number of carbonyl (C=O) groups excluding carboxylic acids is 1. The molecule has 5 nitrogen and oxygen atoms in total. The molecule has 3 aromatic rings. The molecular weight excluding hydrogens is 455 g/mol. The Labute approximate surface area is 183 Å². The normalized spacial score (nSPS) is 11.6. The zero-order valence-corrected chi connectivity index (χ0v) is 17.1. The SMILES string of the molecule is O=Cc1cc(OCc2c(-c3ccc(Cl)cc3)nsc2C(F)(F)F)ccc1C=CC(=O)O. The van der Waals surface area contributed by atoms with Crippen molar-refractivity contribution in [1.29, 1.82) is 0 Å². The first-order valence-electron chi connectivity index (χ1n) is 8.63. The summed E-state index contributed by atoms with van der Waals surface area (Å²) in [6.45, 7) is -0.439. The highest BCUT2D eigenvalue weighted by Gasteiger charge is 2.38. The van der Waals surface area contributed by atoms with Gasteiger partial charge in [0.1, 0.15) is 17.2 Å². The Hall–Kier alpha value is -3.17. The number of hydrogen-bond acceptors (Lipinski definition) is 5. The van der Waals surface area contributed by atoms with Gasteiger partial charge in [-0.05, 0) is 47.4 Å². The van der Waals surface area contributed by atoms with E-state index in [-0.39, 0.29) is 22.6 Å². The van der Waals surface area contributed by atoms with Gasteiger partial charge in [0.2, 0.25) is 0 Å². The second-order valence-corrected chi connectivity index (χ2v) is 7.42. The standard InChI is InChI=1S/C21H13ClF3NO4S/c22-15-5-1-13(2-6-15)19-17(20(31-26-19)21(23,24)25)11-30-16-7-3-12(4-8-18(28)29)14(9-16)10-27/h1-10H,11H2,(H,28,29). The van der Waals surface area contributed by atoms with Gasteiger partial charge in [-0.15, -0.1) is 0 Å². The number of ether oxygens (including phenoxy) is 1. The van der Waals surface area contributed by atoms with Gasteiger partial charge < -0.3 is 9.84 Å². The molecule has 0 saturated heterocycles. The van der Waals surface area contributed by atoms with Crippen molar-refractivity contribution in [3.05, 3.63) is 75.1 Å². The highest BCUT2D eigenvalue weighted by molar-refractivity contribution is 7.06. The number of halogens is 4. The number of aliphatic carboxylic acids is 1. The van der Waals surface area contributed by atoms with Crippen LogP contribution in [0.4, 0.5) is 13.2 Å². The molecule has 0 amide bonds. The van der Waals surface area contributed by atoms with Gasteiger partial charge in [0.15, 0.2) is 6.29 Å². The maximum atomic E-state index is 13.5. The van der Waals surface area contributed by atoms with Gasteiger partial charge in [-0.1, -0.05) is 29.8 Å². The van der Waals surface area contributed by atoms with Crippen molar-refractivity contribution in [2.24, 2.45) is 0 Å². The third kappa shape index (κ3) is 5.50. The van der Waals surface area contributed by atoms with Crippen LogP contribution in [0.15, 0.2) is 48.5 Å². The summed E-state index contributed by atoms with van der Waals surface area (Å²) in [5.41, 5.74) is 0.914. The lowest BCUT2D eigenvalue weighted by atomic mass is 10.1. The first-order chi connectivity index (χ1) is 14.7. The molecule has 0 aliphatic rings. The van der Waals surface area contributed by atoms with E-state index in [2.05, 4.69) is 4.37 Å². The average molecular weight is 468 g/mol. The lowest BCUT2D eigenvalue weighted by Crippen LogP contribution is -2.08. The number of carboxylic acid groups (broad SMARTS) is 1. The maximum absolute atomic E-state index is 13.5. The van der Waals surface area contributed by atoms with E-state index in [0.29, 0.717) is 34.0 Å². The van der Waals surface area contributed by atoms with Crippen LogP contribution in [0.2, 0.25) is 5.02 Å². The fourth-order valence-corrected chi connectivity index (χ4v) is 3.61. The Morgan fingerprint density at radius 2 is 1.87 bits per heavy atom. The number of benzene rings is 2. The van der Waals surface area contributed by atoms with E-state index in [1.165, 1.54) is 24.3 Å². The van der Waals surface area contributed by atoms with Crippen molar-refractivity contribution in [2.75, 3.05) is 0 Å². The van der Waals surface area contributed by atoms with Gasteiger partial charge in [-0.2, -0.15) is 17.5 Å². The molecule has 1 N–H and O–H groups in total. The smallest absolute Gasteiger partial charge is 0.427 e. The van der Waals surface area contributed by atoms with Crippen molar-refractivity contribution in [1.82, 2.24) is 4.37 Å². The average Bonchev–Trinajstić information content (AvgIpc) is 3.16. The van der Waals surface area contributed by atoms with Gasteiger partial charge in [-0.25, -0.2) is 4.79 Å². The molecule has 0 spiro atoms. The minimum Gasteiger partial charge on any atom is -0.489 e. The van der Waals surface area contributed by atoms with Crippen molar-refractivity contribution in [2.45, 2.75) is 12.8 Å². The van der Waals surface area contributed by atoms with Crippen LogP contribution in [0.25, 0.3) is 17.3 Å². The predicted molar refractivity (Wildman–Crippen MR) is 110 cm³/mol. The molecule has 160 valence electrons. The largest absolute Gasteiger partial charge is 0.489 e. The number of carboxylic acids is 1. The summed E-state index contributed by atoms with van der Waals surface area (Å²) in [7, 11) is 0. The highest BCUT2D eigenvalue weighted by Crippen LogP contribution is 2.40. The first-order valence-corrected chi connectivity index (χ1v) is 9.79. The summed E-state index contributed by atoms with van der Waals surface area (Å²) in [5.74, 6) is -1.03. The van der Waals surface area contributed by atoms with Gasteiger partial charge in [0, 0.05) is 27.8 Å². The molecule has 0 bridgehead atoms. The number of aromatic nitrogens is 1. The van der Waals surface area contributed by atoms with Crippen LogP contribution in [-0.4, -0.2) is 21.7 Å². The molecular formula is C21H13ClF3NO4S. The summed E-state index contributed by atoms with van der Waals surface area (Å²) in [4.78, 5) is 21.1. The van der Waals surface area contributed by atoms with E-state index in [0.717, 1.165) is 6.08 Å². The molecule has 1 aromatic heterocycles. The van der Waals surface area contributed by atoms with Crippen LogP contribution < -0.4 is 4.74 Å². The van der Waals surface area contributed by atoms with Crippen molar-refractivity contribution >= 4 is 41.5 Å². The molecule has 0 aliphatic carbocycles. The second kappa shape index (κ2) is 9.32. The van der Waals surface area contributed by atoms with Gasteiger partial charge in [-0.3, -0.25) is 4.79 Å². The fraction of sp³-hybridized carbons (Fsp3) is 0.0952. The Bertz CT molecular complexity index is 1140. The van der Waals surface area contributed by atoms with Crippen molar-refractivity contribution < 1.29 is 32.6 Å². The summed E-state index contributed by atoms with van der Waals surface area (Å²) in [5, 5.41) is 9.14. The minimum atomic E-state index is -4.61. The van der Waals surface area contributed by atoms with Crippen LogP contribution in [-0.2, 0) is 17.6 Å². The second-order valence-electron chi connectivity index (χ2n) is 6.21. The van der Waals surface area contributed by atoms with Crippen LogP contribution in [0.1, 0.15) is 26.4 Å². The lowest BCUT2D eigenvalue weighted by molar-refractivity contribution is -0.135. The minimum absolute atomic E-state index is 0.130. The van der Waals surface area contributed by atoms with E-state index in [4.69, 9.17) is 21.4 Å². The number of alkyl halides is 3. The van der Waals surface area contributed by atoms with E-state index >= 15 is 0 Å². The van der Waals surface area contributed by atoms with Crippen LogP contribution in [0, 0.1) is 0 Å². The molecule has 0 aliphatic heterocycles. The zero-order chi connectivity index (χ0) is 22.6. The monoisotopic (exact) mass is 467 g/mol.